The Morgan fingerprint density at radius 2 is 1.66 bits per heavy atom. The predicted octanol–water partition coefficient (Wildman–Crippen LogP) is 4.58. The Kier molecular flexibility index (Phi) is 8.28. The van der Waals surface area contributed by atoms with Crippen LogP contribution in [0.3, 0.4) is 0 Å². The minimum atomic E-state index is -4.72. The predicted molar refractivity (Wildman–Crippen MR) is 117 cm³/mol. The molecular formula is C21H26ClF4N5O. The summed E-state index contributed by atoms with van der Waals surface area (Å²) in [6.45, 7) is 1.82. The number of aryl methyl sites for hydroxylation is 1. The van der Waals surface area contributed by atoms with Crippen molar-refractivity contribution in [2.75, 3.05) is 24.3 Å². The summed E-state index contributed by atoms with van der Waals surface area (Å²) in [7, 11) is 3.80. The molecule has 1 aliphatic rings. The largest absolute Gasteiger partial charge is 0.416 e. The number of hydrogen-bond donors (Lipinski definition) is 2. The van der Waals surface area contributed by atoms with Gasteiger partial charge in [0, 0.05) is 37.8 Å². The fourth-order valence-corrected chi connectivity index (χ4v) is 3.60. The standard InChI is InChI=1S/C21H25F4N5O.ClH/c1-12-26-18(11-19(27-12)30(2)3)28-16-4-6-17(7-5-16)29-20(31)13-8-14(21(23,24)25)10-15(22)9-13;/h8-11,16-17H,4-7H2,1-3H3,(H,29,31)(H,26,27,28);1H/t16-,17+;. The van der Waals surface area contributed by atoms with Gasteiger partial charge in [0.15, 0.2) is 0 Å². The van der Waals surface area contributed by atoms with Gasteiger partial charge in [-0.1, -0.05) is 0 Å². The normalized spacial score (nSPS) is 18.5. The van der Waals surface area contributed by atoms with E-state index in [9.17, 15) is 22.4 Å². The first-order valence-electron chi connectivity index (χ1n) is 9.99. The summed E-state index contributed by atoms with van der Waals surface area (Å²) < 4.78 is 52.2. The van der Waals surface area contributed by atoms with Crippen LogP contribution >= 0.6 is 12.4 Å². The lowest BCUT2D eigenvalue weighted by molar-refractivity contribution is -0.137. The molecule has 1 fully saturated rings. The van der Waals surface area contributed by atoms with Gasteiger partial charge in [0.05, 0.1) is 5.56 Å². The van der Waals surface area contributed by atoms with E-state index in [-0.39, 0.29) is 30.1 Å². The zero-order valence-electron chi connectivity index (χ0n) is 18.0. The molecule has 2 N–H and O–H groups in total. The van der Waals surface area contributed by atoms with Gasteiger partial charge in [-0.25, -0.2) is 14.4 Å². The Balaban J connectivity index is 0.00000363. The van der Waals surface area contributed by atoms with Gasteiger partial charge in [-0.15, -0.1) is 12.4 Å². The van der Waals surface area contributed by atoms with Gasteiger partial charge >= 0.3 is 6.18 Å². The van der Waals surface area contributed by atoms with Crippen molar-refractivity contribution in [3.05, 3.63) is 47.0 Å². The van der Waals surface area contributed by atoms with E-state index in [4.69, 9.17) is 0 Å². The maximum Gasteiger partial charge on any atom is 0.416 e. The Morgan fingerprint density at radius 1 is 1.03 bits per heavy atom. The van der Waals surface area contributed by atoms with Crippen LogP contribution in [0.5, 0.6) is 0 Å². The number of carbonyl (C=O) groups is 1. The molecule has 176 valence electrons. The molecule has 0 saturated heterocycles. The van der Waals surface area contributed by atoms with Gasteiger partial charge in [0.1, 0.15) is 23.3 Å². The fourth-order valence-electron chi connectivity index (χ4n) is 3.60. The molecule has 0 unspecified atom stereocenters. The molecule has 6 nitrogen and oxygen atoms in total. The van der Waals surface area contributed by atoms with Crippen LogP contribution in [0.15, 0.2) is 24.3 Å². The quantitative estimate of drug-likeness (QED) is 0.619. The molecule has 1 aromatic heterocycles. The van der Waals surface area contributed by atoms with Crippen LogP contribution in [0.2, 0.25) is 0 Å². The number of halogens is 5. The van der Waals surface area contributed by atoms with E-state index in [1.807, 2.05) is 32.0 Å². The van der Waals surface area contributed by atoms with Crippen LogP contribution in [0.1, 0.15) is 47.4 Å². The molecule has 1 amide bonds. The Morgan fingerprint density at radius 3 is 2.25 bits per heavy atom. The van der Waals surface area contributed by atoms with Crippen molar-refractivity contribution in [1.29, 1.82) is 0 Å². The molecule has 2 aromatic rings. The van der Waals surface area contributed by atoms with E-state index in [2.05, 4.69) is 20.6 Å². The monoisotopic (exact) mass is 475 g/mol. The summed E-state index contributed by atoms with van der Waals surface area (Å²) in [5.74, 6) is 0.379. The number of benzene rings is 1. The third-order valence-corrected chi connectivity index (χ3v) is 5.18. The number of aromatic nitrogens is 2. The van der Waals surface area contributed by atoms with E-state index in [0.717, 1.165) is 30.5 Å². The van der Waals surface area contributed by atoms with Crippen molar-refractivity contribution in [1.82, 2.24) is 15.3 Å². The third kappa shape index (κ3) is 6.69. The SMILES string of the molecule is Cc1nc(N[C@H]2CC[C@@H](NC(=O)c3cc(F)cc(C(F)(F)F)c3)CC2)cc(N(C)C)n1.Cl. The van der Waals surface area contributed by atoms with Crippen LogP contribution in [0, 0.1) is 12.7 Å². The average molecular weight is 476 g/mol. The van der Waals surface area contributed by atoms with Crippen LogP contribution in [0.4, 0.5) is 29.2 Å². The van der Waals surface area contributed by atoms with Crippen molar-refractivity contribution in [2.45, 2.75) is 50.9 Å². The molecule has 1 aliphatic carbocycles. The number of hydrogen-bond acceptors (Lipinski definition) is 5. The van der Waals surface area contributed by atoms with Gasteiger partial charge in [-0.3, -0.25) is 4.79 Å². The van der Waals surface area contributed by atoms with E-state index in [0.29, 0.717) is 30.8 Å². The number of alkyl halides is 3. The van der Waals surface area contributed by atoms with Crippen molar-refractivity contribution in [3.63, 3.8) is 0 Å². The summed E-state index contributed by atoms with van der Waals surface area (Å²) in [6, 6.07) is 3.70. The minimum Gasteiger partial charge on any atom is -0.367 e. The maximum atomic E-state index is 13.6. The summed E-state index contributed by atoms with van der Waals surface area (Å²) in [5.41, 5.74) is -1.51. The second-order valence-electron chi connectivity index (χ2n) is 7.95. The van der Waals surface area contributed by atoms with Crippen molar-refractivity contribution in [3.8, 4) is 0 Å². The highest BCUT2D eigenvalue weighted by Gasteiger charge is 2.32. The molecule has 0 atom stereocenters. The van der Waals surface area contributed by atoms with Crippen LogP contribution < -0.4 is 15.5 Å². The van der Waals surface area contributed by atoms with Crippen molar-refractivity contribution in [2.24, 2.45) is 0 Å². The second-order valence-corrected chi connectivity index (χ2v) is 7.95. The number of nitrogens with one attached hydrogen (secondary N) is 2. The van der Waals surface area contributed by atoms with E-state index >= 15 is 0 Å². The van der Waals surface area contributed by atoms with Gasteiger partial charge < -0.3 is 15.5 Å². The maximum absolute atomic E-state index is 13.6. The molecule has 0 spiro atoms. The Labute approximate surface area is 190 Å². The lowest BCUT2D eigenvalue weighted by Crippen LogP contribution is -2.40. The lowest BCUT2D eigenvalue weighted by Gasteiger charge is -2.30. The summed E-state index contributed by atoms with van der Waals surface area (Å²) >= 11 is 0. The zero-order valence-corrected chi connectivity index (χ0v) is 18.8. The van der Waals surface area contributed by atoms with Gasteiger partial charge in [0.2, 0.25) is 0 Å². The number of rotatable bonds is 5. The Hall–Kier alpha value is -2.62. The summed E-state index contributed by atoms with van der Waals surface area (Å²) in [4.78, 5) is 23.0. The molecule has 11 heteroatoms. The topological polar surface area (TPSA) is 70.2 Å². The lowest BCUT2D eigenvalue weighted by atomic mass is 9.91. The van der Waals surface area contributed by atoms with Crippen LogP contribution in [-0.2, 0) is 6.18 Å². The van der Waals surface area contributed by atoms with Crippen LogP contribution in [0.25, 0.3) is 0 Å². The van der Waals surface area contributed by atoms with Gasteiger partial charge in [0.25, 0.3) is 5.91 Å². The summed E-state index contributed by atoms with van der Waals surface area (Å²) in [6.07, 6.45) is -1.91. The molecule has 0 aliphatic heterocycles. The number of amides is 1. The van der Waals surface area contributed by atoms with Crippen molar-refractivity contribution < 1.29 is 22.4 Å². The first-order chi connectivity index (χ1) is 14.5. The highest BCUT2D eigenvalue weighted by molar-refractivity contribution is 5.94. The fraction of sp³-hybridized carbons (Fsp3) is 0.476. The van der Waals surface area contributed by atoms with Gasteiger partial charge in [-0.2, -0.15) is 13.2 Å². The van der Waals surface area contributed by atoms with Gasteiger partial charge in [-0.05, 0) is 50.8 Å². The minimum absolute atomic E-state index is 0. The highest BCUT2D eigenvalue weighted by atomic mass is 35.5. The highest BCUT2D eigenvalue weighted by Crippen LogP contribution is 2.30. The van der Waals surface area contributed by atoms with E-state index in [1.165, 1.54) is 0 Å². The van der Waals surface area contributed by atoms with E-state index in [1.54, 1.807) is 0 Å². The third-order valence-electron chi connectivity index (χ3n) is 5.18. The first kappa shape index (κ1) is 25.6. The smallest absolute Gasteiger partial charge is 0.367 e. The molecule has 0 radical (unpaired) electrons. The Bertz CT molecular complexity index is 946. The molecule has 1 saturated carbocycles. The number of carbonyl (C=O) groups excluding carboxylic acids is 1. The molecular weight excluding hydrogens is 450 g/mol. The van der Waals surface area contributed by atoms with Crippen LogP contribution in [-0.4, -0.2) is 42.1 Å². The molecule has 1 heterocycles. The molecule has 0 bridgehead atoms. The molecule has 1 aromatic carbocycles. The number of nitrogens with zero attached hydrogens (tertiary/aromatic N) is 3. The second kappa shape index (κ2) is 10.3. The first-order valence-corrected chi connectivity index (χ1v) is 9.99. The average Bonchev–Trinajstić information content (AvgIpc) is 2.68. The summed E-state index contributed by atoms with van der Waals surface area (Å²) in [5, 5.41) is 6.11. The molecule has 3 rings (SSSR count). The van der Waals surface area contributed by atoms with E-state index < -0.39 is 23.5 Å². The molecule has 32 heavy (non-hydrogen) atoms. The number of anilines is 2. The van der Waals surface area contributed by atoms with Crippen molar-refractivity contribution >= 4 is 29.9 Å². The zero-order chi connectivity index (χ0) is 22.8.